The predicted octanol–water partition coefficient (Wildman–Crippen LogP) is 4.75. The molecule has 2 aliphatic heterocycles. The lowest BCUT2D eigenvalue weighted by Crippen LogP contribution is -2.40. The van der Waals surface area contributed by atoms with Crippen molar-refractivity contribution in [3.8, 4) is 0 Å². The van der Waals surface area contributed by atoms with Crippen molar-refractivity contribution in [1.29, 1.82) is 0 Å². The summed E-state index contributed by atoms with van der Waals surface area (Å²) in [6.07, 6.45) is 5.75. The minimum absolute atomic E-state index is 0.149. The average molecular weight is 645 g/mol. The van der Waals surface area contributed by atoms with Gasteiger partial charge in [0.2, 0.25) is 10.0 Å². The van der Waals surface area contributed by atoms with Crippen molar-refractivity contribution in [1.82, 2.24) is 9.55 Å². The summed E-state index contributed by atoms with van der Waals surface area (Å²) in [6, 6.07) is 8.44. The highest BCUT2D eigenvalue weighted by atomic mass is 32.2. The third kappa shape index (κ3) is 7.00. The van der Waals surface area contributed by atoms with Crippen LogP contribution in [0.1, 0.15) is 55.8 Å². The van der Waals surface area contributed by atoms with Crippen molar-refractivity contribution in [2.75, 3.05) is 58.4 Å². The number of hydrogen-bond donors (Lipinski definition) is 2. The van der Waals surface area contributed by atoms with Gasteiger partial charge in [-0.3, -0.25) is 14.3 Å². The fraction of sp³-hybridized carbons (Fsp3) is 0.516. The fourth-order valence-electron chi connectivity index (χ4n) is 6.29. The van der Waals surface area contributed by atoms with E-state index in [2.05, 4.69) is 14.9 Å². The number of anilines is 4. The van der Waals surface area contributed by atoms with E-state index < -0.39 is 33.6 Å². The van der Waals surface area contributed by atoms with Gasteiger partial charge >= 0.3 is 5.97 Å². The number of ether oxygens (including phenoxy) is 1. The van der Waals surface area contributed by atoms with Gasteiger partial charge in [0.15, 0.2) is 5.82 Å². The van der Waals surface area contributed by atoms with Crippen molar-refractivity contribution in [2.45, 2.75) is 51.4 Å². The first-order valence-electron chi connectivity index (χ1n) is 15.3. The number of aromatic nitrogens is 2. The van der Waals surface area contributed by atoms with Crippen LogP contribution in [0.2, 0.25) is 0 Å². The number of pyridine rings is 1. The number of nitrogens with one attached hydrogen (secondary N) is 2. The second kappa shape index (κ2) is 11.8. The SMILES string of the molecule is CC(=O)OCCS(=O)(=O)Nc1ccc(C(=O)Nc2cc3ccn(C)c3c(N3CCC(F)(F)CC3)n2)c(N2CCC3(CC2)CC3)c1. The van der Waals surface area contributed by atoms with Gasteiger partial charge in [-0.1, -0.05) is 0 Å². The third-order valence-electron chi connectivity index (χ3n) is 9.17. The number of aryl methyl sites for hydroxylation is 1. The van der Waals surface area contributed by atoms with Crippen LogP contribution in [0.25, 0.3) is 10.9 Å². The Morgan fingerprint density at radius 1 is 0.978 bits per heavy atom. The molecule has 3 aliphatic rings. The highest BCUT2D eigenvalue weighted by molar-refractivity contribution is 7.92. The van der Waals surface area contributed by atoms with Crippen molar-refractivity contribution in [3.63, 3.8) is 0 Å². The molecule has 1 saturated carbocycles. The van der Waals surface area contributed by atoms with Crippen LogP contribution in [0.5, 0.6) is 0 Å². The van der Waals surface area contributed by atoms with Gasteiger partial charge in [0.25, 0.3) is 11.8 Å². The number of hydrogen-bond acceptors (Lipinski definition) is 8. The Morgan fingerprint density at radius 3 is 2.33 bits per heavy atom. The molecule has 2 N–H and O–H groups in total. The number of carbonyl (C=O) groups is 2. The molecule has 2 saturated heterocycles. The van der Waals surface area contributed by atoms with Crippen LogP contribution in [0, 0.1) is 5.41 Å². The molecule has 1 spiro atoms. The van der Waals surface area contributed by atoms with E-state index >= 15 is 0 Å². The summed E-state index contributed by atoms with van der Waals surface area (Å²) < 4.78 is 62.4. The molecule has 1 amide bonds. The topological polar surface area (TPSA) is 126 Å². The van der Waals surface area contributed by atoms with Gasteiger partial charge in [-0.05, 0) is 61.4 Å². The lowest BCUT2D eigenvalue weighted by atomic mass is 9.93. The molecule has 0 atom stereocenters. The molecule has 4 heterocycles. The normalized spacial score (nSPS) is 19.0. The van der Waals surface area contributed by atoms with Gasteiger partial charge < -0.3 is 24.4 Å². The zero-order valence-electron chi connectivity index (χ0n) is 25.4. The Kier molecular flexibility index (Phi) is 8.12. The molecular weight excluding hydrogens is 606 g/mol. The first-order valence-corrected chi connectivity index (χ1v) is 16.9. The van der Waals surface area contributed by atoms with E-state index in [1.54, 1.807) is 18.2 Å². The van der Waals surface area contributed by atoms with Crippen LogP contribution < -0.4 is 19.8 Å². The number of benzene rings is 1. The molecule has 3 aromatic rings. The van der Waals surface area contributed by atoms with Crippen molar-refractivity contribution in [3.05, 3.63) is 42.1 Å². The Balaban J connectivity index is 1.27. The van der Waals surface area contributed by atoms with Gasteiger partial charge in [-0.25, -0.2) is 22.2 Å². The maximum atomic E-state index is 13.9. The van der Waals surface area contributed by atoms with E-state index in [9.17, 15) is 26.8 Å². The standard InChI is InChI=1S/C31H38F2N6O5S/c1-21(40)44-17-18-45(42,43)36-23-3-4-24(25(20-23)38-13-8-30(6-7-30)9-14-38)29(41)35-26-19-22-5-12-37(2)27(22)28(34-26)39-15-10-31(32,33)11-16-39/h3-5,12,19-20,36H,6-11,13-18H2,1-2H3,(H,34,35,41). The van der Waals surface area contributed by atoms with Gasteiger partial charge in [-0.15, -0.1) is 0 Å². The van der Waals surface area contributed by atoms with E-state index in [-0.39, 0.29) is 32.5 Å². The minimum atomic E-state index is -3.82. The van der Waals surface area contributed by atoms with Crippen LogP contribution in [0.4, 0.5) is 31.8 Å². The highest BCUT2D eigenvalue weighted by Gasteiger charge is 2.44. The largest absolute Gasteiger partial charge is 0.465 e. The van der Waals surface area contributed by atoms with E-state index in [1.165, 1.54) is 25.8 Å². The number of esters is 1. The number of nitrogens with zero attached hydrogens (tertiary/aromatic N) is 4. The van der Waals surface area contributed by atoms with Gasteiger partial charge in [0.05, 0.1) is 22.5 Å². The van der Waals surface area contributed by atoms with Crippen LogP contribution in [-0.4, -0.2) is 74.3 Å². The summed E-state index contributed by atoms with van der Waals surface area (Å²) in [5, 5.41) is 3.74. The molecule has 45 heavy (non-hydrogen) atoms. The quantitative estimate of drug-likeness (QED) is 0.320. The Labute approximate surface area is 261 Å². The number of piperidine rings is 2. The molecular formula is C31H38F2N6O5S. The lowest BCUT2D eigenvalue weighted by molar-refractivity contribution is -0.140. The molecule has 2 aromatic heterocycles. The second-order valence-electron chi connectivity index (χ2n) is 12.5. The van der Waals surface area contributed by atoms with E-state index in [0.717, 1.165) is 36.8 Å². The monoisotopic (exact) mass is 644 g/mol. The molecule has 242 valence electrons. The van der Waals surface area contributed by atoms with Gasteiger partial charge in [0.1, 0.15) is 18.2 Å². The minimum Gasteiger partial charge on any atom is -0.465 e. The van der Waals surface area contributed by atoms with E-state index in [0.29, 0.717) is 34.0 Å². The van der Waals surface area contributed by atoms with Crippen molar-refractivity contribution >= 4 is 55.8 Å². The fourth-order valence-corrected chi connectivity index (χ4v) is 7.18. The first-order chi connectivity index (χ1) is 21.3. The number of carbonyl (C=O) groups excluding carboxylic acids is 2. The van der Waals surface area contributed by atoms with Crippen molar-refractivity contribution in [2.24, 2.45) is 12.5 Å². The molecule has 14 heteroatoms. The third-order valence-corrected chi connectivity index (χ3v) is 10.4. The predicted molar refractivity (Wildman–Crippen MR) is 169 cm³/mol. The molecule has 11 nitrogen and oxygen atoms in total. The molecule has 0 unspecified atom stereocenters. The van der Waals surface area contributed by atoms with Crippen molar-refractivity contribution < 1.29 is 31.5 Å². The lowest BCUT2D eigenvalue weighted by Gasteiger charge is -2.35. The van der Waals surface area contributed by atoms with Crippen LogP contribution >= 0.6 is 0 Å². The smallest absolute Gasteiger partial charge is 0.302 e. The maximum absolute atomic E-state index is 13.9. The Morgan fingerprint density at radius 2 is 1.67 bits per heavy atom. The van der Waals surface area contributed by atoms with Crippen LogP contribution in [0.3, 0.4) is 0 Å². The average Bonchev–Trinajstić information content (AvgIpc) is 3.63. The van der Waals surface area contributed by atoms with E-state index in [4.69, 9.17) is 9.72 Å². The number of sulfonamides is 1. The second-order valence-corrected chi connectivity index (χ2v) is 14.3. The van der Waals surface area contributed by atoms with Crippen LogP contribution in [0.15, 0.2) is 36.5 Å². The summed E-state index contributed by atoms with van der Waals surface area (Å²) in [4.78, 5) is 33.6. The number of fused-ring (bicyclic) bond motifs is 1. The number of rotatable bonds is 9. The number of alkyl halides is 2. The molecule has 0 radical (unpaired) electrons. The summed E-state index contributed by atoms with van der Waals surface area (Å²) in [5.74, 6) is -3.26. The maximum Gasteiger partial charge on any atom is 0.302 e. The van der Waals surface area contributed by atoms with Crippen LogP contribution in [-0.2, 0) is 26.6 Å². The number of amides is 1. The van der Waals surface area contributed by atoms with Gasteiger partial charge in [-0.2, -0.15) is 0 Å². The Bertz CT molecular complexity index is 1720. The number of halogens is 2. The summed E-state index contributed by atoms with van der Waals surface area (Å²) >= 11 is 0. The molecule has 6 rings (SSSR count). The first kappa shape index (κ1) is 31.1. The van der Waals surface area contributed by atoms with Gasteiger partial charge in [0, 0.05) is 64.6 Å². The molecule has 1 aliphatic carbocycles. The summed E-state index contributed by atoms with van der Waals surface area (Å²) in [6.45, 7) is 2.71. The zero-order chi connectivity index (χ0) is 32.0. The molecule has 1 aromatic carbocycles. The highest BCUT2D eigenvalue weighted by Crippen LogP contribution is 2.54. The summed E-state index contributed by atoms with van der Waals surface area (Å²) in [5.41, 5.74) is 2.44. The zero-order valence-corrected chi connectivity index (χ0v) is 26.3. The summed E-state index contributed by atoms with van der Waals surface area (Å²) in [7, 11) is -1.95. The molecule has 3 fully saturated rings. The Hall–Kier alpha value is -3.94. The van der Waals surface area contributed by atoms with E-state index in [1.807, 2.05) is 28.8 Å². The molecule has 0 bridgehead atoms.